The van der Waals surface area contributed by atoms with E-state index in [1.54, 1.807) is 0 Å². The van der Waals surface area contributed by atoms with Crippen LogP contribution in [0.3, 0.4) is 0 Å². The van der Waals surface area contributed by atoms with Crippen molar-refractivity contribution in [2.24, 2.45) is 0 Å². The standard InChI is InChI=1S/C36H22N4/c1-2-13-31-27(9-1)28-10-3-8-16-34(28)40-35(37-38-36(31)40)24-18-17-23-19-20-26(22-25(23)21-24)39-32-14-6-4-11-29(32)30-12-5-7-15-33(30)39/h1-22H. The summed E-state index contributed by atoms with van der Waals surface area (Å²) in [6.45, 7) is 0. The number of aromatic nitrogens is 4. The summed E-state index contributed by atoms with van der Waals surface area (Å²) >= 11 is 0. The van der Waals surface area contributed by atoms with Gasteiger partial charge in [-0.05, 0) is 52.6 Å². The van der Waals surface area contributed by atoms with E-state index in [-0.39, 0.29) is 0 Å². The van der Waals surface area contributed by atoms with E-state index in [2.05, 4.69) is 148 Å². The van der Waals surface area contributed by atoms with Crippen LogP contribution in [0.25, 0.3) is 77.0 Å². The summed E-state index contributed by atoms with van der Waals surface area (Å²) < 4.78 is 4.57. The van der Waals surface area contributed by atoms with Crippen molar-refractivity contribution in [2.75, 3.05) is 0 Å². The number of rotatable bonds is 2. The molecule has 3 aromatic heterocycles. The van der Waals surface area contributed by atoms with Crippen molar-refractivity contribution in [1.29, 1.82) is 0 Å². The van der Waals surface area contributed by atoms with Crippen LogP contribution in [0.2, 0.25) is 0 Å². The van der Waals surface area contributed by atoms with Gasteiger partial charge < -0.3 is 4.57 Å². The van der Waals surface area contributed by atoms with E-state index in [1.807, 2.05) is 0 Å². The molecule has 0 aliphatic heterocycles. The predicted octanol–water partition coefficient (Wildman–Crippen LogP) is 8.95. The molecule has 0 unspecified atom stereocenters. The van der Waals surface area contributed by atoms with Crippen LogP contribution in [0.1, 0.15) is 0 Å². The van der Waals surface area contributed by atoms with E-state index >= 15 is 0 Å². The highest BCUT2D eigenvalue weighted by atomic mass is 15.2. The van der Waals surface area contributed by atoms with Crippen molar-refractivity contribution < 1.29 is 0 Å². The SMILES string of the molecule is c1ccc2c(c1)c1ccccc1n1c(-c3ccc4ccc(-n5c6ccccc6c6ccccc65)cc4c3)nnc21. The van der Waals surface area contributed by atoms with Crippen LogP contribution in [0.15, 0.2) is 133 Å². The molecular formula is C36H22N4. The highest BCUT2D eigenvalue weighted by Crippen LogP contribution is 2.35. The fourth-order valence-electron chi connectivity index (χ4n) is 6.40. The van der Waals surface area contributed by atoms with Gasteiger partial charge in [0.15, 0.2) is 11.5 Å². The van der Waals surface area contributed by atoms with Crippen molar-refractivity contribution in [3.05, 3.63) is 133 Å². The molecule has 0 amide bonds. The van der Waals surface area contributed by atoms with Crippen LogP contribution in [0.4, 0.5) is 0 Å². The van der Waals surface area contributed by atoms with Crippen LogP contribution < -0.4 is 0 Å². The summed E-state index contributed by atoms with van der Waals surface area (Å²) in [5, 5.41) is 17.8. The van der Waals surface area contributed by atoms with Gasteiger partial charge in [-0.3, -0.25) is 4.40 Å². The second kappa shape index (κ2) is 8.01. The number of fused-ring (bicyclic) bond motifs is 10. The first-order valence-corrected chi connectivity index (χ1v) is 13.5. The number of para-hydroxylation sites is 3. The van der Waals surface area contributed by atoms with Crippen LogP contribution in [-0.2, 0) is 0 Å². The maximum atomic E-state index is 4.73. The Bertz CT molecular complexity index is 2390. The van der Waals surface area contributed by atoms with E-state index in [4.69, 9.17) is 5.10 Å². The Balaban J connectivity index is 1.30. The summed E-state index contributed by atoms with van der Waals surface area (Å²) in [5.74, 6) is 0.848. The third kappa shape index (κ3) is 2.90. The Hall–Kier alpha value is -5.48. The van der Waals surface area contributed by atoms with Gasteiger partial charge in [0, 0.05) is 32.8 Å². The maximum Gasteiger partial charge on any atom is 0.169 e. The monoisotopic (exact) mass is 510 g/mol. The summed E-state index contributed by atoms with van der Waals surface area (Å²) in [4.78, 5) is 0. The molecule has 0 saturated carbocycles. The average Bonchev–Trinajstić information content (AvgIpc) is 3.61. The Morgan fingerprint density at radius 1 is 0.425 bits per heavy atom. The van der Waals surface area contributed by atoms with E-state index in [0.717, 1.165) is 33.6 Å². The molecule has 9 aromatic rings. The molecule has 0 spiro atoms. The topological polar surface area (TPSA) is 35.1 Å². The molecule has 9 rings (SSSR count). The first kappa shape index (κ1) is 21.5. The van der Waals surface area contributed by atoms with Gasteiger partial charge in [-0.25, -0.2) is 0 Å². The lowest BCUT2D eigenvalue weighted by Gasteiger charge is -2.11. The number of nitrogens with zero attached hydrogens (tertiary/aromatic N) is 4. The fourth-order valence-corrected chi connectivity index (χ4v) is 6.40. The number of pyridine rings is 1. The van der Waals surface area contributed by atoms with Gasteiger partial charge in [-0.2, -0.15) is 0 Å². The first-order valence-electron chi connectivity index (χ1n) is 13.5. The minimum Gasteiger partial charge on any atom is -0.309 e. The summed E-state index contributed by atoms with van der Waals surface area (Å²) in [5.41, 5.74) is 6.59. The summed E-state index contributed by atoms with van der Waals surface area (Å²) in [7, 11) is 0. The number of hydrogen-bond donors (Lipinski definition) is 0. The predicted molar refractivity (Wildman–Crippen MR) is 165 cm³/mol. The van der Waals surface area contributed by atoms with Crippen molar-refractivity contribution in [3.8, 4) is 17.1 Å². The molecule has 0 saturated heterocycles. The molecule has 0 fully saturated rings. The van der Waals surface area contributed by atoms with Crippen molar-refractivity contribution >= 4 is 59.9 Å². The number of hydrogen-bond acceptors (Lipinski definition) is 2. The van der Waals surface area contributed by atoms with Gasteiger partial charge in [0.1, 0.15) is 0 Å². The quantitative estimate of drug-likeness (QED) is 0.218. The van der Waals surface area contributed by atoms with Gasteiger partial charge in [0.25, 0.3) is 0 Å². The first-order chi connectivity index (χ1) is 19.8. The molecule has 0 bridgehead atoms. The Morgan fingerprint density at radius 3 is 1.73 bits per heavy atom. The molecule has 0 atom stereocenters. The number of benzene rings is 6. The average molecular weight is 511 g/mol. The molecule has 4 nitrogen and oxygen atoms in total. The molecule has 186 valence electrons. The highest BCUT2D eigenvalue weighted by Gasteiger charge is 2.16. The van der Waals surface area contributed by atoms with Crippen molar-refractivity contribution in [1.82, 2.24) is 19.2 Å². The lowest BCUT2D eigenvalue weighted by atomic mass is 10.0. The molecule has 0 aliphatic carbocycles. The molecule has 0 N–H and O–H groups in total. The van der Waals surface area contributed by atoms with Gasteiger partial charge in [0.2, 0.25) is 0 Å². The minimum absolute atomic E-state index is 0.848. The third-order valence-electron chi connectivity index (χ3n) is 8.19. The normalized spacial score (nSPS) is 12.0. The van der Waals surface area contributed by atoms with E-state index in [9.17, 15) is 0 Å². The Morgan fingerprint density at radius 2 is 1.00 bits per heavy atom. The van der Waals surface area contributed by atoms with Crippen LogP contribution in [0, 0.1) is 0 Å². The van der Waals surface area contributed by atoms with Crippen LogP contribution >= 0.6 is 0 Å². The van der Waals surface area contributed by atoms with Gasteiger partial charge in [-0.1, -0.05) is 97.1 Å². The smallest absolute Gasteiger partial charge is 0.169 e. The summed E-state index contributed by atoms with van der Waals surface area (Å²) in [6, 6.07) is 47.5. The molecule has 0 aliphatic rings. The van der Waals surface area contributed by atoms with Crippen LogP contribution in [0.5, 0.6) is 0 Å². The molecular weight excluding hydrogens is 488 g/mol. The second-order valence-corrected chi connectivity index (χ2v) is 10.4. The lowest BCUT2D eigenvalue weighted by Crippen LogP contribution is -1.95. The molecule has 0 radical (unpaired) electrons. The van der Waals surface area contributed by atoms with Crippen molar-refractivity contribution in [2.45, 2.75) is 0 Å². The fraction of sp³-hybridized carbons (Fsp3) is 0. The minimum atomic E-state index is 0.848. The molecule has 6 aromatic carbocycles. The molecule has 40 heavy (non-hydrogen) atoms. The highest BCUT2D eigenvalue weighted by molar-refractivity contribution is 6.12. The van der Waals surface area contributed by atoms with E-state index < -0.39 is 0 Å². The largest absolute Gasteiger partial charge is 0.309 e. The Labute approximate surface area is 229 Å². The Kier molecular flexibility index (Phi) is 4.30. The second-order valence-electron chi connectivity index (χ2n) is 10.4. The third-order valence-corrected chi connectivity index (χ3v) is 8.19. The molecule has 4 heteroatoms. The van der Waals surface area contributed by atoms with Crippen molar-refractivity contribution in [3.63, 3.8) is 0 Å². The van der Waals surface area contributed by atoms with Gasteiger partial charge in [0.05, 0.1) is 16.6 Å². The van der Waals surface area contributed by atoms with Gasteiger partial charge in [-0.15, -0.1) is 10.2 Å². The molecule has 3 heterocycles. The zero-order valence-electron chi connectivity index (χ0n) is 21.5. The summed E-state index contributed by atoms with van der Waals surface area (Å²) in [6.07, 6.45) is 0. The van der Waals surface area contributed by atoms with E-state index in [1.165, 1.54) is 43.4 Å². The van der Waals surface area contributed by atoms with Gasteiger partial charge >= 0.3 is 0 Å². The zero-order valence-corrected chi connectivity index (χ0v) is 21.5. The van der Waals surface area contributed by atoms with Crippen LogP contribution in [-0.4, -0.2) is 19.2 Å². The zero-order chi connectivity index (χ0) is 26.2. The lowest BCUT2D eigenvalue weighted by molar-refractivity contribution is 1.12. The maximum absolute atomic E-state index is 4.73. The van der Waals surface area contributed by atoms with E-state index in [0.29, 0.717) is 0 Å².